The van der Waals surface area contributed by atoms with Crippen molar-refractivity contribution in [1.29, 1.82) is 0 Å². The van der Waals surface area contributed by atoms with E-state index in [4.69, 9.17) is 0 Å². The van der Waals surface area contributed by atoms with E-state index in [0.29, 0.717) is 13.0 Å². The highest BCUT2D eigenvalue weighted by Gasteiger charge is 2.27. The van der Waals surface area contributed by atoms with Crippen molar-refractivity contribution < 1.29 is 9.90 Å². The summed E-state index contributed by atoms with van der Waals surface area (Å²) in [6.45, 7) is 0.491. The van der Waals surface area contributed by atoms with Gasteiger partial charge in [-0.05, 0) is 53.3 Å². The van der Waals surface area contributed by atoms with Crippen LogP contribution in [0.1, 0.15) is 6.42 Å². The Morgan fingerprint density at radius 3 is 2.59 bits per heavy atom. The van der Waals surface area contributed by atoms with Gasteiger partial charge < -0.3 is 15.7 Å². The van der Waals surface area contributed by atoms with E-state index in [9.17, 15) is 9.90 Å². The minimum Gasteiger partial charge on any atom is -0.392 e. The first kappa shape index (κ1) is 14.7. The van der Waals surface area contributed by atoms with E-state index in [2.05, 4.69) is 33.2 Å². The van der Waals surface area contributed by atoms with Gasteiger partial charge in [0.1, 0.15) is 0 Å². The molecule has 1 heterocycles. The Hall–Kier alpha value is -0.370. The molecule has 1 aromatic carbocycles. The van der Waals surface area contributed by atoms with Gasteiger partial charge in [-0.15, -0.1) is 12.4 Å². The standard InChI is InChI=1S/C11H13IN2O2.ClH/c12-7-1-3-8(4-2-7)14-11(16)10-5-9(15)6-13-10;/h1-4,9-10,13,15H,5-6H2,(H,14,16);1H. The van der Waals surface area contributed by atoms with Crippen LogP contribution in [-0.4, -0.2) is 29.7 Å². The Bertz CT molecular complexity index is 386. The lowest BCUT2D eigenvalue weighted by Gasteiger charge is -2.10. The molecule has 0 saturated carbocycles. The minimum absolute atomic E-state index is 0. The predicted octanol–water partition coefficient (Wildman–Crippen LogP) is 1.37. The maximum Gasteiger partial charge on any atom is 0.241 e. The number of hydrogen-bond donors (Lipinski definition) is 3. The maximum absolute atomic E-state index is 11.8. The number of aliphatic hydroxyl groups is 1. The molecule has 0 bridgehead atoms. The molecule has 17 heavy (non-hydrogen) atoms. The fourth-order valence-corrected chi connectivity index (χ4v) is 2.04. The maximum atomic E-state index is 11.8. The lowest BCUT2D eigenvalue weighted by Crippen LogP contribution is -2.35. The average Bonchev–Trinajstić information content (AvgIpc) is 2.68. The molecule has 3 N–H and O–H groups in total. The summed E-state index contributed by atoms with van der Waals surface area (Å²) in [5.74, 6) is -0.0854. The first-order chi connectivity index (χ1) is 7.65. The van der Waals surface area contributed by atoms with Gasteiger partial charge in [0.25, 0.3) is 0 Å². The van der Waals surface area contributed by atoms with Gasteiger partial charge in [0.2, 0.25) is 5.91 Å². The van der Waals surface area contributed by atoms with E-state index < -0.39 is 6.10 Å². The highest BCUT2D eigenvalue weighted by atomic mass is 127. The molecule has 0 aromatic heterocycles. The molecule has 2 unspecified atom stereocenters. The molecule has 0 spiro atoms. The summed E-state index contributed by atoms with van der Waals surface area (Å²) < 4.78 is 1.13. The summed E-state index contributed by atoms with van der Waals surface area (Å²) in [6, 6.07) is 7.32. The number of anilines is 1. The third-order valence-corrected chi connectivity index (χ3v) is 3.26. The van der Waals surface area contributed by atoms with E-state index in [0.717, 1.165) is 9.26 Å². The molecule has 0 radical (unpaired) electrons. The number of halogens is 2. The summed E-state index contributed by atoms with van der Waals surface area (Å²) in [5.41, 5.74) is 0.786. The van der Waals surface area contributed by atoms with Crippen LogP contribution in [0.25, 0.3) is 0 Å². The number of hydrogen-bond acceptors (Lipinski definition) is 3. The average molecular weight is 369 g/mol. The van der Waals surface area contributed by atoms with Gasteiger partial charge in [-0.2, -0.15) is 0 Å². The number of amides is 1. The molecule has 1 amide bonds. The molecule has 6 heteroatoms. The molecule has 1 saturated heterocycles. The predicted molar refractivity (Wildman–Crippen MR) is 77.5 cm³/mol. The lowest BCUT2D eigenvalue weighted by atomic mass is 10.2. The third kappa shape index (κ3) is 4.09. The van der Waals surface area contributed by atoms with Crippen LogP contribution in [-0.2, 0) is 4.79 Å². The number of aliphatic hydroxyl groups excluding tert-OH is 1. The van der Waals surface area contributed by atoms with Crippen molar-refractivity contribution in [3.8, 4) is 0 Å². The van der Waals surface area contributed by atoms with Crippen molar-refractivity contribution in [3.05, 3.63) is 27.8 Å². The van der Waals surface area contributed by atoms with Gasteiger partial charge in [-0.1, -0.05) is 0 Å². The summed E-state index contributed by atoms with van der Waals surface area (Å²) in [7, 11) is 0. The molecular formula is C11H14ClIN2O2. The van der Waals surface area contributed by atoms with Crippen LogP contribution in [0.4, 0.5) is 5.69 Å². The van der Waals surface area contributed by atoms with E-state index in [1.165, 1.54) is 0 Å². The van der Waals surface area contributed by atoms with Gasteiger partial charge in [0, 0.05) is 15.8 Å². The Morgan fingerprint density at radius 2 is 2.06 bits per heavy atom. The van der Waals surface area contributed by atoms with Crippen molar-refractivity contribution >= 4 is 46.6 Å². The smallest absolute Gasteiger partial charge is 0.241 e. The molecule has 1 aromatic rings. The zero-order valence-electron chi connectivity index (χ0n) is 9.02. The zero-order valence-corrected chi connectivity index (χ0v) is 12.0. The van der Waals surface area contributed by atoms with E-state index in [-0.39, 0.29) is 24.4 Å². The molecular weight excluding hydrogens is 354 g/mol. The highest BCUT2D eigenvalue weighted by Crippen LogP contribution is 2.13. The Morgan fingerprint density at radius 1 is 1.41 bits per heavy atom. The molecule has 4 nitrogen and oxygen atoms in total. The molecule has 0 aliphatic carbocycles. The molecule has 2 rings (SSSR count). The van der Waals surface area contributed by atoms with Crippen molar-refractivity contribution in [2.75, 3.05) is 11.9 Å². The van der Waals surface area contributed by atoms with Crippen LogP contribution < -0.4 is 10.6 Å². The second-order valence-electron chi connectivity index (χ2n) is 3.85. The van der Waals surface area contributed by atoms with Gasteiger partial charge in [-0.3, -0.25) is 4.79 Å². The first-order valence-electron chi connectivity index (χ1n) is 5.13. The van der Waals surface area contributed by atoms with Crippen LogP contribution >= 0.6 is 35.0 Å². The van der Waals surface area contributed by atoms with Gasteiger partial charge in [0.15, 0.2) is 0 Å². The minimum atomic E-state index is -0.410. The number of carbonyl (C=O) groups excluding carboxylic acids is 1. The fraction of sp³-hybridized carbons (Fsp3) is 0.364. The summed E-state index contributed by atoms with van der Waals surface area (Å²) in [6.07, 6.45) is 0.0726. The topological polar surface area (TPSA) is 61.4 Å². The largest absolute Gasteiger partial charge is 0.392 e. The van der Waals surface area contributed by atoms with Gasteiger partial charge in [-0.25, -0.2) is 0 Å². The zero-order chi connectivity index (χ0) is 11.5. The van der Waals surface area contributed by atoms with E-state index >= 15 is 0 Å². The Labute approximate surface area is 120 Å². The molecule has 1 aliphatic heterocycles. The number of rotatable bonds is 2. The van der Waals surface area contributed by atoms with Gasteiger partial charge in [0.05, 0.1) is 12.1 Å². The Balaban J connectivity index is 0.00000144. The van der Waals surface area contributed by atoms with E-state index in [1.807, 2.05) is 24.3 Å². The number of carbonyl (C=O) groups is 1. The molecule has 2 atom stereocenters. The quantitative estimate of drug-likeness (QED) is 0.691. The number of β-amino-alcohol motifs (C(OH)–C–C–N with tert-alkyl or cyclic N) is 1. The van der Waals surface area contributed by atoms with Crippen LogP contribution in [0.3, 0.4) is 0 Å². The summed E-state index contributed by atoms with van der Waals surface area (Å²) >= 11 is 2.21. The monoisotopic (exact) mass is 368 g/mol. The first-order valence-corrected chi connectivity index (χ1v) is 6.21. The van der Waals surface area contributed by atoms with Crippen LogP contribution in [0.15, 0.2) is 24.3 Å². The number of nitrogens with one attached hydrogen (secondary N) is 2. The van der Waals surface area contributed by atoms with E-state index in [1.54, 1.807) is 0 Å². The van der Waals surface area contributed by atoms with Crippen molar-refractivity contribution in [2.24, 2.45) is 0 Å². The van der Waals surface area contributed by atoms with Crippen molar-refractivity contribution in [3.63, 3.8) is 0 Å². The summed E-state index contributed by atoms with van der Waals surface area (Å²) in [5, 5.41) is 15.1. The van der Waals surface area contributed by atoms with Gasteiger partial charge >= 0.3 is 0 Å². The summed E-state index contributed by atoms with van der Waals surface area (Å²) in [4.78, 5) is 11.8. The second-order valence-corrected chi connectivity index (χ2v) is 5.09. The fourth-order valence-electron chi connectivity index (χ4n) is 1.68. The van der Waals surface area contributed by atoms with Crippen molar-refractivity contribution in [2.45, 2.75) is 18.6 Å². The second kappa shape index (κ2) is 6.53. The third-order valence-electron chi connectivity index (χ3n) is 2.54. The normalized spacial score (nSPS) is 22.9. The molecule has 94 valence electrons. The SMILES string of the molecule is Cl.O=C(Nc1ccc(I)cc1)C1CC(O)CN1. The van der Waals surface area contributed by atoms with Crippen molar-refractivity contribution in [1.82, 2.24) is 5.32 Å². The van der Waals surface area contributed by atoms with Crippen LogP contribution in [0.5, 0.6) is 0 Å². The molecule has 1 fully saturated rings. The lowest BCUT2D eigenvalue weighted by molar-refractivity contribution is -0.117. The van der Waals surface area contributed by atoms with Crippen LogP contribution in [0, 0.1) is 3.57 Å². The number of benzene rings is 1. The van der Waals surface area contributed by atoms with Crippen LogP contribution in [0.2, 0.25) is 0 Å². The molecule has 1 aliphatic rings. The highest BCUT2D eigenvalue weighted by molar-refractivity contribution is 14.1. The Kier molecular flexibility index (Phi) is 5.64.